The van der Waals surface area contributed by atoms with Crippen LogP contribution in [-0.4, -0.2) is 22.7 Å². The first-order valence-corrected chi connectivity index (χ1v) is 9.91. The molecule has 4 fully saturated rings. The first-order chi connectivity index (χ1) is 13.1. The predicted molar refractivity (Wildman–Crippen MR) is 98.7 cm³/mol. The molecule has 6 nitrogen and oxygen atoms in total. The van der Waals surface area contributed by atoms with E-state index < -0.39 is 5.91 Å². The molecule has 0 spiro atoms. The first-order valence-electron chi connectivity index (χ1n) is 9.91. The van der Waals surface area contributed by atoms with E-state index >= 15 is 0 Å². The van der Waals surface area contributed by atoms with Crippen molar-refractivity contribution in [2.75, 3.05) is 6.61 Å². The predicted octanol–water partition coefficient (Wildman–Crippen LogP) is 3.36. The summed E-state index contributed by atoms with van der Waals surface area (Å²) >= 11 is 0. The number of carbonyl (C=O) groups is 1. The van der Waals surface area contributed by atoms with E-state index in [-0.39, 0.29) is 6.61 Å². The fourth-order valence-corrected chi connectivity index (χ4v) is 6.13. The second-order valence-electron chi connectivity index (χ2n) is 8.89. The second kappa shape index (κ2) is 6.36. The van der Waals surface area contributed by atoms with Gasteiger partial charge in [-0.2, -0.15) is 4.98 Å². The number of rotatable bonds is 6. The van der Waals surface area contributed by atoms with Crippen molar-refractivity contribution in [3.05, 3.63) is 30.2 Å². The molecule has 0 unspecified atom stereocenters. The Morgan fingerprint density at radius 1 is 1.11 bits per heavy atom. The van der Waals surface area contributed by atoms with Gasteiger partial charge in [0.2, 0.25) is 11.7 Å². The molecule has 1 heterocycles. The first kappa shape index (κ1) is 16.8. The lowest BCUT2D eigenvalue weighted by Crippen LogP contribution is -2.47. The van der Waals surface area contributed by atoms with Gasteiger partial charge in [0.05, 0.1) is 0 Å². The molecule has 0 aliphatic heterocycles. The largest absolute Gasteiger partial charge is 0.484 e. The Morgan fingerprint density at radius 2 is 1.74 bits per heavy atom. The van der Waals surface area contributed by atoms with Crippen LogP contribution in [0.5, 0.6) is 5.75 Å². The van der Waals surface area contributed by atoms with Gasteiger partial charge >= 0.3 is 0 Å². The summed E-state index contributed by atoms with van der Waals surface area (Å²) in [5.74, 6) is 4.24. The van der Waals surface area contributed by atoms with Gasteiger partial charge < -0.3 is 15.0 Å². The third kappa shape index (κ3) is 3.33. The zero-order chi connectivity index (χ0) is 18.4. The van der Waals surface area contributed by atoms with Crippen LogP contribution in [0.4, 0.5) is 0 Å². The maximum absolute atomic E-state index is 10.8. The van der Waals surface area contributed by atoms with Crippen molar-refractivity contribution in [3.8, 4) is 17.1 Å². The van der Waals surface area contributed by atoms with Crippen molar-refractivity contribution in [1.29, 1.82) is 0 Å². The fraction of sp³-hybridized carbons (Fsp3) is 0.571. The van der Waals surface area contributed by atoms with Crippen LogP contribution in [0.25, 0.3) is 11.4 Å². The lowest BCUT2D eigenvalue weighted by atomic mass is 9.49. The number of hydrogen-bond donors (Lipinski definition) is 1. The molecule has 4 saturated carbocycles. The van der Waals surface area contributed by atoms with Gasteiger partial charge in [0.1, 0.15) is 5.75 Å². The Morgan fingerprint density at radius 3 is 2.33 bits per heavy atom. The smallest absolute Gasteiger partial charge is 0.255 e. The van der Waals surface area contributed by atoms with Gasteiger partial charge in [-0.15, -0.1) is 0 Å². The van der Waals surface area contributed by atoms with Gasteiger partial charge in [-0.25, -0.2) is 0 Å². The monoisotopic (exact) mass is 367 g/mol. The van der Waals surface area contributed by atoms with Crippen LogP contribution in [-0.2, 0) is 11.2 Å². The lowest BCUT2D eigenvalue weighted by molar-refractivity contribution is -0.119. The van der Waals surface area contributed by atoms with E-state index in [1.807, 2.05) is 12.1 Å². The van der Waals surface area contributed by atoms with Crippen LogP contribution in [0.3, 0.4) is 0 Å². The van der Waals surface area contributed by atoms with Crippen molar-refractivity contribution in [3.63, 3.8) is 0 Å². The van der Waals surface area contributed by atoms with E-state index in [4.69, 9.17) is 15.0 Å². The van der Waals surface area contributed by atoms with Crippen LogP contribution in [0.1, 0.15) is 44.4 Å². The van der Waals surface area contributed by atoms with E-state index in [2.05, 4.69) is 10.1 Å². The maximum atomic E-state index is 10.8. The van der Waals surface area contributed by atoms with Crippen molar-refractivity contribution >= 4 is 5.91 Å². The zero-order valence-electron chi connectivity index (χ0n) is 15.4. The third-order valence-corrected chi connectivity index (χ3v) is 6.65. The summed E-state index contributed by atoms with van der Waals surface area (Å²) in [6.45, 7) is -0.128. The average molecular weight is 367 g/mol. The number of amides is 1. The molecule has 6 heteroatoms. The molecular weight excluding hydrogens is 342 g/mol. The normalized spacial score (nSPS) is 31.2. The van der Waals surface area contributed by atoms with Crippen LogP contribution in [0, 0.1) is 23.2 Å². The lowest BCUT2D eigenvalue weighted by Gasteiger charge is -2.56. The van der Waals surface area contributed by atoms with E-state index in [1.54, 1.807) is 12.1 Å². The highest BCUT2D eigenvalue weighted by Gasteiger charge is 2.51. The van der Waals surface area contributed by atoms with Gasteiger partial charge in [-0.1, -0.05) is 5.16 Å². The number of nitrogens with two attached hydrogens (primary N) is 1. The van der Waals surface area contributed by atoms with Gasteiger partial charge in [0.15, 0.2) is 6.61 Å². The third-order valence-electron chi connectivity index (χ3n) is 6.65. The number of primary amides is 1. The molecule has 2 N–H and O–H groups in total. The number of benzene rings is 1. The minimum Gasteiger partial charge on any atom is -0.484 e. The van der Waals surface area contributed by atoms with E-state index in [9.17, 15) is 4.79 Å². The molecule has 0 atom stereocenters. The summed E-state index contributed by atoms with van der Waals surface area (Å²) in [6, 6.07) is 7.31. The van der Waals surface area contributed by atoms with Gasteiger partial charge in [-0.3, -0.25) is 4.79 Å². The summed E-state index contributed by atoms with van der Waals surface area (Å²) in [7, 11) is 0. The fourth-order valence-electron chi connectivity index (χ4n) is 6.13. The molecular formula is C21H25N3O3. The Balaban J connectivity index is 1.28. The topological polar surface area (TPSA) is 91.2 Å². The molecule has 4 aliphatic carbocycles. The van der Waals surface area contributed by atoms with Crippen molar-refractivity contribution in [2.24, 2.45) is 28.9 Å². The van der Waals surface area contributed by atoms with Crippen LogP contribution < -0.4 is 10.5 Å². The number of carbonyl (C=O) groups excluding carboxylic acids is 1. The van der Waals surface area contributed by atoms with Crippen LogP contribution in [0.15, 0.2) is 28.8 Å². The number of hydrogen-bond acceptors (Lipinski definition) is 5. The molecule has 1 aromatic carbocycles. The molecule has 0 radical (unpaired) electrons. The second-order valence-corrected chi connectivity index (χ2v) is 8.89. The zero-order valence-corrected chi connectivity index (χ0v) is 15.4. The Labute approximate surface area is 158 Å². The van der Waals surface area contributed by atoms with Gasteiger partial charge in [0.25, 0.3) is 5.91 Å². The standard InChI is InChI=1S/C21H25N3O3/c22-18(25)12-26-17-3-1-16(2-4-17)20-23-19(27-24-20)11-21-8-13-5-14(9-21)7-15(6-13)10-21/h1-4,13-15H,5-12H2,(H2,22,25). The summed E-state index contributed by atoms with van der Waals surface area (Å²) in [4.78, 5) is 15.5. The van der Waals surface area contributed by atoms with Crippen molar-refractivity contribution in [1.82, 2.24) is 10.1 Å². The van der Waals surface area contributed by atoms with Crippen molar-refractivity contribution < 1.29 is 14.1 Å². The molecule has 1 aromatic heterocycles. The van der Waals surface area contributed by atoms with E-state index in [0.717, 1.165) is 35.6 Å². The highest BCUT2D eigenvalue weighted by Crippen LogP contribution is 2.60. The SMILES string of the molecule is NC(=O)COc1ccc(-c2noc(CC34CC5CC(CC(C5)C3)C4)n2)cc1. The van der Waals surface area contributed by atoms with E-state index in [0.29, 0.717) is 17.0 Å². The molecule has 4 aliphatic rings. The van der Waals surface area contributed by atoms with Crippen LogP contribution in [0.2, 0.25) is 0 Å². The number of aromatic nitrogens is 2. The molecule has 2 aromatic rings. The summed E-state index contributed by atoms with van der Waals surface area (Å²) in [5.41, 5.74) is 6.36. The van der Waals surface area contributed by atoms with Crippen LogP contribution >= 0.6 is 0 Å². The number of ether oxygens (including phenoxy) is 1. The Kier molecular flexibility index (Phi) is 3.95. The molecule has 4 bridgehead atoms. The average Bonchev–Trinajstić information content (AvgIpc) is 3.07. The maximum Gasteiger partial charge on any atom is 0.255 e. The van der Waals surface area contributed by atoms with E-state index in [1.165, 1.54) is 38.5 Å². The quantitative estimate of drug-likeness (QED) is 0.845. The Hall–Kier alpha value is -2.37. The van der Waals surface area contributed by atoms with Crippen molar-refractivity contribution in [2.45, 2.75) is 44.9 Å². The van der Waals surface area contributed by atoms with Gasteiger partial charge in [0, 0.05) is 12.0 Å². The molecule has 27 heavy (non-hydrogen) atoms. The minimum atomic E-state index is -0.494. The minimum absolute atomic E-state index is 0.128. The summed E-state index contributed by atoms with van der Waals surface area (Å²) in [6.07, 6.45) is 9.26. The Bertz CT molecular complexity index is 807. The molecule has 6 rings (SSSR count). The number of nitrogens with zero attached hydrogens (tertiary/aromatic N) is 2. The highest BCUT2D eigenvalue weighted by molar-refractivity contribution is 5.75. The molecule has 142 valence electrons. The van der Waals surface area contributed by atoms with Gasteiger partial charge in [-0.05, 0) is 86.0 Å². The summed E-state index contributed by atoms with van der Waals surface area (Å²) < 4.78 is 10.9. The summed E-state index contributed by atoms with van der Waals surface area (Å²) in [5, 5.41) is 4.19. The molecule has 0 saturated heterocycles. The highest BCUT2D eigenvalue weighted by atomic mass is 16.5. The molecule has 1 amide bonds.